The molecule has 3 nitrogen and oxygen atoms in total. The minimum atomic E-state index is -0.251. The highest BCUT2D eigenvalue weighted by Gasteiger charge is 2.19. The van der Waals surface area contributed by atoms with E-state index in [4.69, 9.17) is 0 Å². The first kappa shape index (κ1) is 11.9. The number of aromatic amines is 1. The van der Waals surface area contributed by atoms with Gasteiger partial charge in [0.05, 0.1) is 16.4 Å². The second kappa shape index (κ2) is 4.82. The van der Waals surface area contributed by atoms with Gasteiger partial charge < -0.3 is 10.3 Å². The van der Waals surface area contributed by atoms with E-state index in [1.165, 1.54) is 6.07 Å². The predicted octanol–water partition coefficient (Wildman–Crippen LogP) is 3.06. The molecule has 2 heterocycles. The van der Waals surface area contributed by atoms with Gasteiger partial charge in [-0.25, -0.2) is 9.37 Å². The normalized spacial score (nSPS) is 19.3. The number of nitrogens with zero attached hydrogens (tertiary/aromatic N) is 1. The Morgan fingerprint density at radius 1 is 1.39 bits per heavy atom. The molecular formula is C13H13BrFN3. The number of hydrogen-bond donors (Lipinski definition) is 2. The summed E-state index contributed by atoms with van der Waals surface area (Å²) in [5, 5.41) is 3.32. The quantitative estimate of drug-likeness (QED) is 0.895. The van der Waals surface area contributed by atoms with Crippen LogP contribution in [-0.2, 0) is 0 Å². The molecular weight excluding hydrogens is 297 g/mol. The second-order valence-electron chi connectivity index (χ2n) is 4.50. The van der Waals surface area contributed by atoms with Crippen LogP contribution in [-0.4, -0.2) is 23.1 Å². The molecule has 0 aliphatic carbocycles. The van der Waals surface area contributed by atoms with E-state index in [0.29, 0.717) is 10.4 Å². The highest BCUT2D eigenvalue weighted by molar-refractivity contribution is 9.10. The Morgan fingerprint density at radius 3 is 3.00 bits per heavy atom. The zero-order valence-corrected chi connectivity index (χ0v) is 11.3. The van der Waals surface area contributed by atoms with Crippen molar-refractivity contribution in [3.8, 4) is 11.3 Å². The lowest BCUT2D eigenvalue weighted by atomic mass is 10.1. The summed E-state index contributed by atoms with van der Waals surface area (Å²) in [6.45, 7) is 2.02. The van der Waals surface area contributed by atoms with E-state index >= 15 is 0 Å². The number of halogens is 2. The van der Waals surface area contributed by atoms with E-state index in [-0.39, 0.29) is 5.82 Å². The molecule has 1 unspecified atom stereocenters. The molecule has 18 heavy (non-hydrogen) atoms. The van der Waals surface area contributed by atoms with Crippen LogP contribution in [0.15, 0.2) is 28.9 Å². The molecule has 0 saturated carbocycles. The largest absolute Gasteiger partial charge is 0.342 e. The molecule has 1 aromatic heterocycles. The molecule has 1 fully saturated rings. The van der Waals surface area contributed by atoms with E-state index in [9.17, 15) is 4.39 Å². The maximum Gasteiger partial charge on any atom is 0.137 e. The summed E-state index contributed by atoms with van der Waals surface area (Å²) in [6.07, 6.45) is 2.92. The minimum absolute atomic E-state index is 0.251. The van der Waals surface area contributed by atoms with E-state index in [1.807, 2.05) is 6.20 Å². The Labute approximate surface area is 113 Å². The zero-order valence-electron chi connectivity index (χ0n) is 9.71. The Hall–Kier alpha value is -1.20. The Morgan fingerprint density at radius 2 is 2.28 bits per heavy atom. The molecule has 1 aromatic carbocycles. The maximum atomic E-state index is 13.2. The molecule has 2 aromatic rings. The molecule has 1 saturated heterocycles. The van der Waals surface area contributed by atoms with Crippen LogP contribution in [0.3, 0.4) is 0 Å². The zero-order chi connectivity index (χ0) is 12.5. The topological polar surface area (TPSA) is 40.7 Å². The average Bonchev–Trinajstić information content (AvgIpc) is 3.01. The van der Waals surface area contributed by atoms with E-state index < -0.39 is 0 Å². The summed E-state index contributed by atoms with van der Waals surface area (Å²) in [7, 11) is 0. The predicted molar refractivity (Wildman–Crippen MR) is 71.9 cm³/mol. The number of imidazole rings is 1. The fourth-order valence-corrected chi connectivity index (χ4v) is 2.62. The number of H-pyrrole nitrogens is 1. The smallest absolute Gasteiger partial charge is 0.137 e. The van der Waals surface area contributed by atoms with Crippen LogP contribution in [0.1, 0.15) is 18.2 Å². The van der Waals surface area contributed by atoms with E-state index in [2.05, 4.69) is 31.2 Å². The second-order valence-corrected chi connectivity index (χ2v) is 5.36. The Bertz CT molecular complexity index is 561. The Balaban J connectivity index is 1.89. The van der Waals surface area contributed by atoms with E-state index in [0.717, 1.165) is 36.6 Å². The number of hydrogen-bond acceptors (Lipinski definition) is 2. The molecule has 5 heteroatoms. The number of benzene rings is 1. The van der Waals surface area contributed by atoms with Crippen LogP contribution >= 0.6 is 15.9 Å². The monoisotopic (exact) mass is 309 g/mol. The Kier molecular flexibility index (Phi) is 3.18. The van der Waals surface area contributed by atoms with Crippen LogP contribution < -0.4 is 5.32 Å². The number of nitrogens with one attached hydrogen (secondary N) is 2. The summed E-state index contributed by atoms with van der Waals surface area (Å²) in [4.78, 5) is 7.75. The van der Waals surface area contributed by atoms with Crippen LogP contribution in [0.4, 0.5) is 4.39 Å². The van der Waals surface area contributed by atoms with Gasteiger partial charge in [-0.1, -0.05) is 0 Å². The summed E-state index contributed by atoms with van der Waals surface area (Å²) < 4.78 is 13.7. The lowest BCUT2D eigenvalue weighted by molar-refractivity contribution is 0.621. The molecule has 0 spiro atoms. The van der Waals surface area contributed by atoms with Crippen molar-refractivity contribution in [1.82, 2.24) is 15.3 Å². The van der Waals surface area contributed by atoms with Gasteiger partial charge in [-0.05, 0) is 47.1 Å². The highest BCUT2D eigenvalue weighted by atomic mass is 79.9. The van der Waals surface area contributed by atoms with Crippen molar-refractivity contribution in [1.29, 1.82) is 0 Å². The van der Waals surface area contributed by atoms with Crippen LogP contribution in [0, 0.1) is 5.82 Å². The lowest BCUT2D eigenvalue weighted by Gasteiger charge is -2.03. The van der Waals surface area contributed by atoms with Gasteiger partial charge in [-0.3, -0.25) is 0 Å². The third-order valence-electron chi connectivity index (χ3n) is 3.27. The van der Waals surface area contributed by atoms with Gasteiger partial charge in [0.1, 0.15) is 11.6 Å². The van der Waals surface area contributed by atoms with Crippen molar-refractivity contribution in [2.75, 3.05) is 13.1 Å². The van der Waals surface area contributed by atoms with Gasteiger partial charge >= 0.3 is 0 Å². The standard InChI is InChI=1S/C13H13BrFN3/c14-10-5-8(1-2-11(10)15)12-7-17-13(18-12)9-3-4-16-6-9/h1-2,5,7,9,16H,3-4,6H2,(H,17,18). The highest BCUT2D eigenvalue weighted by Crippen LogP contribution is 2.26. The van der Waals surface area contributed by atoms with Gasteiger partial charge in [0.15, 0.2) is 0 Å². The molecule has 1 aliphatic heterocycles. The minimum Gasteiger partial charge on any atom is -0.342 e. The summed E-state index contributed by atoms with van der Waals surface area (Å²) >= 11 is 3.20. The first-order valence-corrected chi connectivity index (χ1v) is 6.74. The molecule has 1 atom stereocenters. The van der Waals surface area contributed by atoms with Crippen molar-refractivity contribution in [2.45, 2.75) is 12.3 Å². The molecule has 0 radical (unpaired) electrons. The first-order valence-electron chi connectivity index (χ1n) is 5.95. The summed E-state index contributed by atoms with van der Waals surface area (Å²) in [5.74, 6) is 1.22. The van der Waals surface area contributed by atoms with Crippen LogP contribution in [0.25, 0.3) is 11.3 Å². The van der Waals surface area contributed by atoms with Crippen LogP contribution in [0.2, 0.25) is 0 Å². The summed E-state index contributed by atoms with van der Waals surface area (Å²) in [6, 6.07) is 4.97. The fourth-order valence-electron chi connectivity index (χ4n) is 2.24. The SMILES string of the molecule is Fc1ccc(-c2cnc(C3CCNC3)[nH]2)cc1Br. The first-order chi connectivity index (χ1) is 8.74. The molecule has 0 bridgehead atoms. The number of rotatable bonds is 2. The lowest BCUT2D eigenvalue weighted by Crippen LogP contribution is -2.08. The molecule has 2 N–H and O–H groups in total. The van der Waals surface area contributed by atoms with Crippen molar-refractivity contribution < 1.29 is 4.39 Å². The van der Waals surface area contributed by atoms with Crippen molar-refractivity contribution in [2.24, 2.45) is 0 Å². The third-order valence-corrected chi connectivity index (χ3v) is 3.88. The summed E-state index contributed by atoms with van der Waals surface area (Å²) in [5.41, 5.74) is 1.87. The maximum absolute atomic E-state index is 13.2. The van der Waals surface area contributed by atoms with Crippen molar-refractivity contribution in [3.05, 3.63) is 40.5 Å². The third kappa shape index (κ3) is 2.20. The van der Waals surface area contributed by atoms with Gasteiger partial charge in [0.2, 0.25) is 0 Å². The van der Waals surface area contributed by atoms with Gasteiger partial charge in [0.25, 0.3) is 0 Å². The molecule has 1 aliphatic rings. The van der Waals surface area contributed by atoms with Gasteiger partial charge in [0, 0.05) is 18.0 Å². The average molecular weight is 310 g/mol. The molecule has 3 rings (SSSR count). The van der Waals surface area contributed by atoms with Gasteiger partial charge in [-0.15, -0.1) is 0 Å². The number of aromatic nitrogens is 2. The van der Waals surface area contributed by atoms with Gasteiger partial charge in [-0.2, -0.15) is 0 Å². The van der Waals surface area contributed by atoms with Crippen molar-refractivity contribution >= 4 is 15.9 Å². The van der Waals surface area contributed by atoms with Crippen LogP contribution in [0.5, 0.6) is 0 Å². The molecule has 94 valence electrons. The molecule has 0 amide bonds. The fraction of sp³-hybridized carbons (Fsp3) is 0.308. The van der Waals surface area contributed by atoms with E-state index in [1.54, 1.807) is 12.1 Å². The van der Waals surface area contributed by atoms with Crippen molar-refractivity contribution in [3.63, 3.8) is 0 Å².